The Labute approximate surface area is 102 Å². The standard InChI is InChI=1S/C13H15ClO2/c1-15-10-11-16-13-7-5-12(6-8-13)4-2-3-9-14/h5-8H,3,9-11H2,1H3. The van der Waals surface area contributed by atoms with Gasteiger partial charge in [0.2, 0.25) is 0 Å². The fourth-order valence-corrected chi connectivity index (χ4v) is 1.18. The first kappa shape index (κ1) is 12.9. The van der Waals surface area contributed by atoms with E-state index in [0.29, 0.717) is 25.5 Å². The Morgan fingerprint density at radius 2 is 1.94 bits per heavy atom. The Kier molecular flexibility index (Phi) is 6.48. The van der Waals surface area contributed by atoms with Crippen LogP contribution in [0.15, 0.2) is 24.3 Å². The molecular weight excluding hydrogens is 224 g/mol. The van der Waals surface area contributed by atoms with Crippen LogP contribution in [-0.4, -0.2) is 26.2 Å². The Bertz CT molecular complexity index is 348. The molecule has 0 aromatic heterocycles. The topological polar surface area (TPSA) is 18.5 Å². The lowest BCUT2D eigenvalue weighted by Crippen LogP contribution is -2.03. The van der Waals surface area contributed by atoms with E-state index in [9.17, 15) is 0 Å². The van der Waals surface area contributed by atoms with E-state index in [1.54, 1.807) is 7.11 Å². The third-order valence-electron chi connectivity index (χ3n) is 1.86. The summed E-state index contributed by atoms with van der Waals surface area (Å²) in [5.74, 6) is 7.41. The molecule has 1 aromatic rings. The maximum atomic E-state index is 5.53. The van der Waals surface area contributed by atoms with E-state index in [-0.39, 0.29) is 0 Å². The summed E-state index contributed by atoms with van der Waals surface area (Å²) in [6, 6.07) is 7.67. The molecule has 3 heteroatoms. The second kappa shape index (κ2) is 8.04. The fourth-order valence-electron chi connectivity index (χ4n) is 1.09. The summed E-state index contributed by atoms with van der Waals surface area (Å²) in [6.07, 6.45) is 0.716. The third-order valence-corrected chi connectivity index (χ3v) is 2.05. The molecule has 0 aliphatic carbocycles. The monoisotopic (exact) mass is 238 g/mol. The van der Waals surface area contributed by atoms with Crippen LogP contribution in [0.1, 0.15) is 12.0 Å². The molecule has 0 heterocycles. The van der Waals surface area contributed by atoms with Crippen molar-refractivity contribution < 1.29 is 9.47 Å². The van der Waals surface area contributed by atoms with Crippen LogP contribution in [0.2, 0.25) is 0 Å². The van der Waals surface area contributed by atoms with Crippen LogP contribution in [-0.2, 0) is 4.74 Å². The Hall–Kier alpha value is -1.17. The maximum Gasteiger partial charge on any atom is 0.119 e. The second-order valence-electron chi connectivity index (χ2n) is 3.11. The van der Waals surface area contributed by atoms with E-state index in [1.165, 1.54) is 0 Å². The molecule has 0 saturated carbocycles. The highest BCUT2D eigenvalue weighted by atomic mass is 35.5. The summed E-state index contributed by atoms with van der Waals surface area (Å²) in [5, 5.41) is 0. The molecule has 0 amide bonds. The average molecular weight is 239 g/mol. The number of rotatable bonds is 5. The molecule has 86 valence electrons. The number of hydrogen-bond donors (Lipinski definition) is 0. The molecule has 2 nitrogen and oxygen atoms in total. The van der Waals surface area contributed by atoms with E-state index < -0.39 is 0 Å². The molecule has 16 heavy (non-hydrogen) atoms. The van der Waals surface area contributed by atoms with E-state index in [0.717, 1.165) is 11.3 Å². The first-order valence-electron chi connectivity index (χ1n) is 5.13. The van der Waals surface area contributed by atoms with Crippen molar-refractivity contribution in [3.05, 3.63) is 29.8 Å². The van der Waals surface area contributed by atoms with Crippen LogP contribution < -0.4 is 4.74 Å². The summed E-state index contributed by atoms with van der Waals surface area (Å²) < 4.78 is 10.3. The molecule has 0 N–H and O–H groups in total. The van der Waals surface area contributed by atoms with Gasteiger partial charge in [0.1, 0.15) is 12.4 Å². The molecule has 0 bridgehead atoms. The zero-order chi connectivity index (χ0) is 11.6. The van der Waals surface area contributed by atoms with Crippen molar-refractivity contribution in [1.29, 1.82) is 0 Å². The van der Waals surface area contributed by atoms with Gasteiger partial charge in [0, 0.05) is 25.0 Å². The lowest BCUT2D eigenvalue weighted by atomic mass is 10.2. The highest BCUT2D eigenvalue weighted by Gasteiger charge is 1.92. The van der Waals surface area contributed by atoms with Crippen LogP contribution >= 0.6 is 11.6 Å². The quantitative estimate of drug-likeness (QED) is 0.446. The lowest BCUT2D eigenvalue weighted by Gasteiger charge is -2.04. The van der Waals surface area contributed by atoms with Crippen molar-refractivity contribution in [3.8, 4) is 17.6 Å². The Morgan fingerprint density at radius 1 is 1.19 bits per heavy atom. The molecule has 0 aliphatic rings. The maximum absolute atomic E-state index is 5.53. The molecule has 0 saturated heterocycles. The summed E-state index contributed by atoms with van der Waals surface area (Å²) in [5.41, 5.74) is 0.976. The van der Waals surface area contributed by atoms with Crippen LogP contribution in [0.3, 0.4) is 0 Å². The van der Waals surface area contributed by atoms with Gasteiger partial charge < -0.3 is 9.47 Å². The number of hydrogen-bond acceptors (Lipinski definition) is 2. The molecular formula is C13H15ClO2. The minimum absolute atomic E-state index is 0.563. The first-order valence-corrected chi connectivity index (χ1v) is 5.67. The largest absolute Gasteiger partial charge is 0.491 e. The van der Waals surface area contributed by atoms with E-state index in [4.69, 9.17) is 21.1 Å². The number of ether oxygens (including phenoxy) is 2. The van der Waals surface area contributed by atoms with Crippen LogP contribution in [0.5, 0.6) is 5.75 Å². The highest BCUT2D eigenvalue weighted by Crippen LogP contribution is 2.11. The van der Waals surface area contributed by atoms with Gasteiger partial charge in [-0.2, -0.15) is 0 Å². The zero-order valence-corrected chi connectivity index (χ0v) is 10.1. The smallest absolute Gasteiger partial charge is 0.119 e. The van der Waals surface area contributed by atoms with E-state index in [2.05, 4.69) is 11.8 Å². The number of benzene rings is 1. The lowest BCUT2D eigenvalue weighted by molar-refractivity contribution is 0.146. The van der Waals surface area contributed by atoms with Crippen molar-refractivity contribution in [1.82, 2.24) is 0 Å². The molecule has 1 rings (SSSR count). The van der Waals surface area contributed by atoms with Crippen molar-refractivity contribution in [2.24, 2.45) is 0 Å². The number of halogens is 1. The van der Waals surface area contributed by atoms with Gasteiger partial charge in [-0.3, -0.25) is 0 Å². The second-order valence-corrected chi connectivity index (χ2v) is 3.48. The molecule has 0 unspecified atom stereocenters. The SMILES string of the molecule is COCCOc1ccc(C#CCCCl)cc1. The number of methoxy groups -OCH3 is 1. The van der Waals surface area contributed by atoms with Gasteiger partial charge in [-0.25, -0.2) is 0 Å². The fraction of sp³-hybridized carbons (Fsp3) is 0.385. The Balaban J connectivity index is 2.45. The molecule has 0 atom stereocenters. The van der Waals surface area contributed by atoms with Gasteiger partial charge in [0.25, 0.3) is 0 Å². The zero-order valence-electron chi connectivity index (χ0n) is 9.33. The molecule has 0 aliphatic heterocycles. The average Bonchev–Trinajstić information content (AvgIpc) is 2.32. The van der Waals surface area contributed by atoms with Crippen LogP contribution in [0.4, 0.5) is 0 Å². The van der Waals surface area contributed by atoms with Crippen LogP contribution in [0.25, 0.3) is 0 Å². The Morgan fingerprint density at radius 3 is 2.56 bits per heavy atom. The van der Waals surface area contributed by atoms with Crippen LogP contribution in [0, 0.1) is 11.8 Å². The number of alkyl halides is 1. The van der Waals surface area contributed by atoms with Crippen molar-refractivity contribution in [2.45, 2.75) is 6.42 Å². The van der Waals surface area contributed by atoms with Gasteiger partial charge >= 0.3 is 0 Å². The van der Waals surface area contributed by atoms with Gasteiger partial charge in [-0.05, 0) is 24.3 Å². The molecule has 0 spiro atoms. The van der Waals surface area contributed by atoms with Gasteiger partial charge in [-0.15, -0.1) is 11.6 Å². The van der Waals surface area contributed by atoms with Crippen molar-refractivity contribution in [3.63, 3.8) is 0 Å². The molecule has 0 fully saturated rings. The molecule has 1 aromatic carbocycles. The minimum atomic E-state index is 0.563. The van der Waals surface area contributed by atoms with E-state index in [1.807, 2.05) is 24.3 Å². The first-order chi connectivity index (χ1) is 7.86. The predicted octanol–water partition coefficient (Wildman–Crippen LogP) is 2.69. The molecule has 0 radical (unpaired) electrons. The summed E-state index contributed by atoms with van der Waals surface area (Å²) in [7, 11) is 1.65. The van der Waals surface area contributed by atoms with E-state index >= 15 is 0 Å². The minimum Gasteiger partial charge on any atom is -0.491 e. The summed E-state index contributed by atoms with van der Waals surface area (Å²) in [4.78, 5) is 0. The predicted molar refractivity (Wildman–Crippen MR) is 66.0 cm³/mol. The highest BCUT2D eigenvalue weighted by molar-refractivity contribution is 6.18. The van der Waals surface area contributed by atoms with Crippen molar-refractivity contribution in [2.75, 3.05) is 26.2 Å². The van der Waals surface area contributed by atoms with Gasteiger partial charge in [0.15, 0.2) is 0 Å². The summed E-state index contributed by atoms with van der Waals surface area (Å²) >= 11 is 5.53. The van der Waals surface area contributed by atoms with Crippen molar-refractivity contribution >= 4 is 11.6 Å². The normalized spacial score (nSPS) is 9.38. The van der Waals surface area contributed by atoms with Gasteiger partial charge in [0.05, 0.1) is 6.61 Å². The van der Waals surface area contributed by atoms with Gasteiger partial charge in [-0.1, -0.05) is 11.8 Å². The summed E-state index contributed by atoms with van der Waals surface area (Å²) in [6.45, 7) is 1.16. The third kappa shape index (κ3) is 5.06.